The molecule has 0 unspecified atom stereocenters. The molecule has 0 radical (unpaired) electrons. The van der Waals surface area contributed by atoms with Gasteiger partial charge < -0.3 is 25.2 Å². The van der Waals surface area contributed by atoms with Crippen molar-refractivity contribution in [1.29, 1.82) is 0 Å². The van der Waals surface area contributed by atoms with Crippen LogP contribution in [-0.2, 0) is 4.79 Å². The Labute approximate surface area is 123 Å². The molecule has 0 fully saturated rings. The van der Waals surface area contributed by atoms with Crippen LogP contribution in [0.1, 0.15) is 12.8 Å². The van der Waals surface area contributed by atoms with Crippen LogP contribution >= 0.6 is 0 Å². The molecule has 7 heteroatoms. The summed E-state index contributed by atoms with van der Waals surface area (Å²) < 4.78 is 10.5. The summed E-state index contributed by atoms with van der Waals surface area (Å²) in [6.45, 7) is 1.04. The molecule has 116 valence electrons. The van der Waals surface area contributed by atoms with Crippen LogP contribution in [0.3, 0.4) is 0 Å². The molecule has 3 N–H and O–H groups in total. The zero-order chi connectivity index (χ0) is 15.5. The monoisotopic (exact) mass is 296 g/mol. The Morgan fingerprint density at radius 1 is 1.10 bits per heavy atom. The first-order chi connectivity index (χ1) is 10.1. The molecule has 0 heterocycles. The number of carboxylic acids is 1. The van der Waals surface area contributed by atoms with Crippen molar-refractivity contribution < 1.29 is 24.2 Å². The van der Waals surface area contributed by atoms with Gasteiger partial charge in [0, 0.05) is 13.1 Å². The van der Waals surface area contributed by atoms with Crippen LogP contribution in [0, 0.1) is 0 Å². The number of amides is 2. The van der Waals surface area contributed by atoms with E-state index in [0.29, 0.717) is 19.6 Å². The number of carbonyl (C=O) groups is 2. The number of methoxy groups -OCH3 is 1. The van der Waals surface area contributed by atoms with Gasteiger partial charge in [-0.2, -0.15) is 0 Å². The highest BCUT2D eigenvalue weighted by molar-refractivity contribution is 5.74. The average Bonchev–Trinajstić information content (AvgIpc) is 2.47. The van der Waals surface area contributed by atoms with Crippen LogP contribution in [0.5, 0.6) is 11.5 Å². The number of carbonyl (C=O) groups excluding carboxylic acids is 1. The summed E-state index contributed by atoms with van der Waals surface area (Å²) in [6, 6.07) is 6.86. The minimum absolute atomic E-state index is 0.0893. The van der Waals surface area contributed by atoms with Crippen LogP contribution in [-0.4, -0.2) is 43.9 Å². The maximum atomic E-state index is 11.3. The summed E-state index contributed by atoms with van der Waals surface area (Å²) in [5.41, 5.74) is 0. The summed E-state index contributed by atoms with van der Waals surface area (Å²) in [7, 11) is 1.60. The second-order valence-electron chi connectivity index (χ2n) is 4.20. The minimum atomic E-state index is -0.941. The van der Waals surface area contributed by atoms with Gasteiger partial charge in [0.25, 0.3) is 0 Å². The lowest BCUT2D eigenvalue weighted by atomic mass is 10.3. The SMILES string of the molecule is COc1ccc(OCCCNC(=O)NCCC(=O)O)cc1. The third-order valence-corrected chi connectivity index (χ3v) is 2.56. The van der Waals surface area contributed by atoms with E-state index in [1.165, 1.54) is 0 Å². The molecule has 7 nitrogen and oxygen atoms in total. The fourth-order valence-electron chi connectivity index (χ4n) is 1.48. The highest BCUT2D eigenvalue weighted by Crippen LogP contribution is 2.16. The number of hydrogen-bond donors (Lipinski definition) is 3. The van der Waals surface area contributed by atoms with Crippen molar-refractivity contribution in [3.8, 4) is 11.5 Å². The summed E-state index contributed by atoms with van der Waals surface area (Å²) in [6.07, 6.45) is 0.562. The van der Waals surface area contributed by atoms with Crippen LogP contribution in [0.15, 0.2) is 24.3 Å². The molecule has 0 aromatic heterocycles. The van der Waals surface area contributed by atoms with Crippen LogP contribution in [0.2, 0.25) is 0 Å². The topological polar surface area (TPSA) is 96.9 Å². The molecule has 0 saturated carbocycles. The number of aliphatic carboxylic acids is 1. The lowest BCUT2D eigenvalue weighted by Gasteiger charge is -2.08. The number of rotatable bonds is 9. The maximum absolute atomic E-state index is 11.3. The Morgan fingerprint density at radius 2 is 1.71 bits per heavy atom. The fraction of sp³-hybridized carbons (Fsp3) is 0.429. The van der Waals surface area contributed by atoms with Crippen LogP contribution < -0.4 is 20.1 Å². The number of benzene rings is 1. The second kappa shape index (κ2) is 9.46. The fourth-order valence-corrected chi connectivity index (χ4v) is 1.48. The molecule has 0 atom stereocenters. The van der Waals surface area contributed by atoms with Crippen molar-refractivity contribution in [2.24, 2.45) is 0 Å². The van der Waals surface area contributed by atoms with Crippen LogP contribution in [0.25, 0.3) is 0 Å². The predicted octanol–water partition coefficient (Wildman–Crippen LogP) is 1.24. The highest BCUT2D eigenvalue weighted by atomic mass is 16.5. The zero-order valence-electron chi connectivity index (χ0n) is 11.9. The lowest BCUT2D eigenvalue weighted by Crippen LogP contribution is -2.37. The molecule has 0 aliphatic carbocycles. The van der Waals surface area contributed by atoms with E-state index in [1.807, 2.05) is 24.3 Å². The molecule has 0 aliphatic rings. The Balaban J connectivity index is 2.05. The molecular formula is C14H20N2O5. The van der Waals surface area contributed by atoms with Crippen molar-refractivity contribution >= 4 is 12.0 Å². The Kier molecular flexibility index (Phi) is 7.49. The number of nitrogens with one attached hydrogen (secondary N) is 2. The normalized spacial score (nSPS) is 9.76. The number of urea groups is 1. The standard InChI is InChI=1S/C14H20N2O5/c1-20-11-3-5-12(6-4-11)21-10-2-8-15-14(19)16-9-7-13(17)18/h3-6H,2,7-10H2,1H3,(H,17,18)(H2,15,16,19). The van der Waals surface area contributed by atoms with Crippen LogP contribution in [0.4, 0.5) is 4.79 Å². The Hall–Kier alpha value is -2.44. The van der Waals surface area contributed by atoms with Gasteiger partial charge in [0.15, 0.2) is 0 Å². The van der Waals surface area contributed by atoms with Crippen molar-refractivity contribution in [1.82, 2.24) is 10.6 Å². The van der Waals surface area contributed by atoms with Gasteiger partial charge >= 0.3 is 12.0 Å². The van der Waals surface area contributed by atoms with Gasteiger partial charge in [-0.15, -0.1) is 0 Å². The van der Waals surface area contributed by atoms with E-state index in [4.69, 9.17) is 14.6 Å². The molecule has 0 saturated heterocycles. The number of carboxylic acid groups (broad SMARTS) is 1. The molecule has 1 rings (SSSR count). The van der Waals surface area contributed by atoms with E-state index in [1.54, 1.807) is 7.11 Å². The Morgan fingerprint density at radius 3 is 2.33 bits per heavy atom. The second-order valence-corrected chi connectivity index (χ2v) is 4.20. The smallest absolute Gasteiger partial charge is 0.314 e. The summed E-state index contributed by atoms with van der Waals surface area (Å²) in [4.78, 5) is 21.5. The van der Waals surface area contributed by atoms with Crippen molar-refractivity contribution in [2.45, 2.75) is 12.8 Å². The predicted molar refractivity (Wildman–Crippen MR) is 76.8 cm³/mol. The summed E-state index contributed by atoms with van der Waals surface area (Å²) >= 11 is 0. The number of hydrogen-bond acceptors (Lipinski definition) is 4. The first kappa shape index (κ1) is 16.6. The van der Waals surface area contributed by atoms with Crippen molar-refractivity contribution in [3.05, 3.63) is 24.3 Å². The zero-order valence-corrected chi connectivity index (χ0v) is 11.9. The third-order valence-electron chi connectivity index (χ3n) is 2.56. The van der Waals surface area contributed by atoms with E-state index < -0.39 is 5.97 Å². The van der Waals surface area contributed by atoms with Crippen molar-refractivity contribution in [2.75, 3.05) is 26.8 Å². The Bertz CT molecular complexity index is 447. The van der Waals surface area contributed by atoms with Gasteiger partial charge in [-0.1, -0.05) is 0 Å². The maximum Gasteiger partial charge on any atom is 0.314 e. The summed E-state index contributed by atoms with van der Waals surface area (Å²) in [5.74, 6) is 0.562. The van der Waals surface area contributed by atoms with E-state index in [9.17, 15) is 9.59 Å². The molecule has 0 bridgehead atoms. The average molecular weight is 296 g/mol. The molecule has 2 amide bonds. The highest BCUT2D eigenvalue weighted by Gasteiger charge is 2.01. The van der Waals surface area contributed by atoms with Gasteiger partial charge in [-0.25, -0.2) is 4.79 Å². The first-order valence-electron chi connectivity index (χ1n) is 6.62. The molecule has 1 aromatic rings. The molecular weight excluding hydrogens is 276 g/mol. The third kappa shape index (κ3) is 7.66. The number of ether oxygens (including phenoxy) is 2. The summed E-state index contributed by atoms with van der Waals surface area (Å²) in [5, 5.41) is 13.5. The van der Waals surface area contributed by atoms with Gasteiger partial charge in [0.2, 0.25) is 0 Å². The molecule has 0 spiro atoms. The minimum Gasteiger partial charge on any atom is -0.497 e. The van der Waals surface area contributed by atoms with Gasteiger partial charge in [0.1, 0.15) is 11.5 Å². The van der Waals surface area contributed by atoms with E-state index in [2.05, 4.69) is 10.6 Å². The molecule has 1 aromatic carbocycles. The van der Waals surface area contributed by atoms with Gasteiger partial charge in [-0.3, -0.25) is 4.79 Å². The quantitative estimate of drug-likeness (QED) is 0.596. The molecule has 0 aliphatic heterocycles. The lowest BCUT2D eigenvalue weighted by molar-refractivity contribution is -0.136. The van der Waals surface area contributed by atoms with Crippen molar-refractivity contribution in [3.63, 3.8) is 0 Å². The molecule has 21 heavy (non-hydrogen) atoms. The van der Waals surface area contributed by atoms with Gasteiger partial charge in [-0.05, 0) is 30.7 Å². The van der Waals surface area contributed by atoms with E-state index in [0.717, 1.165) is 11.5 Å². The van der Waals surface area contributed by atoms with E-state index in [-0.39, 0.29) is 19.0 Å². The first-order valence-corrected chi connectivity index (χ1v) is 6.62. The van der Waals surface area contributed by atoms with E-state index >= 15 is 0 Å². The largest absolute Gasteiger partial charge is 0.497 e. The van der Waals surface area contributed by atoms with Gasteiger partial charge in [0.05, 0.1) is 20.1 Å².